The first kappa shape index (κ1) is 18.2. The molecule has 0 unspecified atom stereocenters. The molecule has 1 atom stereocenters. The molecular formula is C16H25N5O3S. The molecule has 3 heterocycles. The Hall–Kier alpha value is -1.58. The Morgan fingerprint density at radius 1 is 1.24 bits per heavy atom. The molecule has 0 spiro atoms. The number of aromatic nitrogens is 2. The monoisotopic (exact) mass is 367 g/mol. The van der Waals surface area contributed by atoms with Crippen molar-refractivity contribution in [3.05, 3.63) is 17.1 Å². The fraction of sp³-hybridized carbons (Fsp3) is 0.688. The summed E-state index contributed by atoms with van der Waals surface area (Å²) < 4.78 is 27.8. The molecule has 138 valence electrons. The molecule has 0 N–H and O–H groups in total. The smallest absolute Gasteiger partial charge is 0.281 e. The summed E-state index contributed by atoms with van der Waals surface area (Å²) in [5.74, 6) is 1.28. The van der Waals surface area contributed by atoms with E-state index in [0.29, 0.717) is 31.2 Å². The zero-order valence-corrected chi connectivity index (χ0v) is 16.2. The number of likely N-dealkylation sites (N-methyl/N-ethyl adjacent to an activating group) is 1. The van der Waals surface area contributed by atoms with E-state index >= 15 is 0 Å². The van der Waals surface area contributed by atoms with E-state index in [2.05, 4.69) is 9.97 Å². The summed E-state index contributed by atoms with van der Waals surface area (Å²) in [4.78, 5) is 22.8. The zero-order valence-electron chi connectivity index (χ0n) is 15.4. The molecule has 0 aliphatic carbocycles. The maximum absolute atomic E-state index is 12.5. The SMILES string of the molecule is Cc1nc([C@]2(C)CCCN(S(=O)(=O)N(C)C)C2)nc2c1CC(=O)N2C. The number of piperidine rings is 1. The van der Waals surface area contributed by atoms with Gasteiger partial charge in [0, 0.05) is 50.9 Å². The summed E-state index contributed by atoms with van der Waals surface area (Å²) in [6.07, 6.45) is 1.88. The summed E-state index contributed by atoms with van der Waals surface area (Å²) in [6.45, 7) is 4.72. The van der Waals surface area contributed by atoms with Crippen LogP contribution in [0.25, 0.3) is 0 Å². The fourth-order valence-corrected chi connectivity index (χ4v) is 4.80. The minimum absolute atomic E-state index is 0.00941. The van der Waals surface area contributed by atoms with Crippen molar-refractivity contribution in [3.63, 3.8) is 0 Å². The van der Waals surface area contributed by atoms with E-state index in [0.717, 1.165) is 24.1 Å². The van der Waals surface area contributed by atoms with Gasteiger partial charge in [0.2, 0.25) is 5.91 Å². The molecule has 8 nitrogen and oxygen atoms in total. The number of amides is 1. The van der Waals surface area contributed by atoms with E-state index in [-0.39, 0.29) is 5.91 Å². The van der Waals surface area contributed by atoms with Gasteiger partial charge in [0.25, 0.3) is 10.2 Å². The number of rotatable bonds is 3. The summed E-state index contributed by atoms with van der Waals surface area (Å²) in [7, 11) is 1.32. The lowest BCUT2D eigenvalue weighted by Crippen LogP contribution is -2.51. The largest absolute Gasteiger partial charge is 0.299 e. The van der Waals surface area contributed by atoms with Crippen molar-refractivity contribution in [3.8, 4) is 0 Å². The highest BCUT2D eigenvalue weighted by Crippen LogP contribution is 2.36. The molecular weight excluding hydrogens is 342 g/mol. The number of hydrogen-bond donors (Lipinski definition) is 0. The van der Waals surface area contributed by atoms with Gasteiger partial charge in [0.05, 0.1) is 6.42 Å². The van der Waals surface area contributed by atoms with Crippen LogP contribution < -0.4 is 4.90 Å². The Balaban J connectivity index is 1.99. The second-order valence-electron chi connectivity index (χ2n) is 7.35. The van der Waals surface area contributed by atoms with Gasteiger partial charge < -0.3 is 0 Å². The molecule has 9 heteroatoms. The zero-order chi connectivity index (χ0) is 18.6. The van der Waals surface area contributed by atoms with E-state index < -0.39 is 15.6 Å². The molecule has 1 amide bonds. The highest BCUT2D eigenvalue weighted by Gasteiger charge is 2.41. The molecule has 0 radical (unpaired) electrons. The Bertz CT molecular complexity index is 823. The maximum Gasteiger partial charge on any atom is 0.281 e. The normalized spacial score (nSPS) is 24.9. The number of hydrogen-bond acceptors (Lipinski definition) is 5. The molecule has 3 rings (SSSR count). The van der Waals surface area contributed by atoms with Gasteiger partial charge >= 0.3 is 0 Å². The molecule has 1 aromatic rings. The van der Waals surface area contributed by atoms with Crippen LogP contribution in [0.2, 0.25) is 0 Å². The topological polar surface area (TPSA) is 86.7 Å². The predicted octanol–water partition coefficient (Wildman–Crippen LogP) is 0.464. The maximum atomic E-state index is 12.5. The van der Waals surface area contributed by atoms with Gasteiger partial charge in [-0.1, -0.05) is 6.92 Å². The first-order chi connectivity index (χ1) is 11.6. The van der Waals surface area contributed by atoms with Gasteiger partial charge in [-0.3, -0.25) is 9.69 Å². The Kier molecular flexibility index (Phi) is 4.37. The lowest BCUT2D eigenvalue weighted by Gasteiger charge is -2.39. The van der Waals surface area contributed by atoms with Crippen molar-refractivity contribution in [2.45, 2.75) is 38.5 Å². The first-order valence-corrected chi connectivity index (χ1v) is 9.78. The fourth-order valence-electron chi connectivity index (χ4n) is 3.53. The van der Waals surface area contributed by atoms with Crippen molar-refractivity contribution in [1.82, 2.24) is 18.6 Å². The summed E-state index contributed by atoms with van der Waals surface area (Å²) >= 11 is 0. The van der Waals surface area contributed by atoms with E-state index in [1.807, 2.05) is 13.8 Å². The molecule has 1 saturated heterocycles. The van der Waals surface area contributed by atoms with E-state index in [9.17, 15) is 13.2 Å². The summed E-state index contributed by atoms with van der Waals surface area (Å²) in [5, 5.41) is 0. The van der Waals surface area contributed by atoms with Gasteiger partial charge in [-0.2, -0.15) is 17.0 Å². The third-order valence-electron chi connectivity index (χ3n) is 5.20. The van der Waals surface area contributed by atoms with E-state index in [1.54, 1.807) is 11.9 Å². The van der Waals surface area contributed by atoms with Crippen molar-refractivity contribution in [2.24, 2.45) is 0 Å². The second-order valence-corrected chi connectivity index (χ2v) is 9.49. The molecule has 0 saturated carbocycles. The highest BCUT2D eigenvalue weighted by atomic mass is 32.2. The van der Waals surface area contributed by atoms with Crippen LogP contribution >= 0.6 is 0 Å². The van der Waals surface area contributed by atoms with Crippen molar-refractivity contribution < 1.29 is 13.2 Å². The molecule has 25 heavy (non-hydrogen) atoms. The lowest BCUT2D eigenvalue weighted by molar-refractivity contribution is -0.117. The van der Waals surface area contributed by atoms with Crippen LogP contribution in [0.5, 0.6) is 0 Å². The van der Waals surface area contributed by atoms with Crippen molar-refractivity contribution in [2.75, 3.05) is 39.1 Å². The van der Waals surface area contributed by atoms with E-state index in [4.69, 9.17) is 0 Å². The molecule has 2 aliphatic rings. The lowest BCUT2D eigenvalue weighted by atomic mass is 9.81. The number of fused-ring (bicyclic) bond motifs is 1. The Labute approximate surface area is 149 Å². The first-order valence-electron chi connectivity index (χ1n) is 8.38. The van der Waals surface area contributed by atoms with Crippen LogP contribution in [0.1, 0.15) is 36.8 Å². The van der Waals surface area contributed by atoms with Gasteiger partial charge in [-0.05, 0) is 19.8 Å². The second kappa shape index (κ2) is 6.00. The summed E-state index contributed by atoms with van der Waals surface area (Å²) in [6, 6.07) is 0. The van der Waals surface area contributed by atoms with Crippen LogP contribution in [0.3, 0.4) is 0 Å². The number of carbonyl (C=O) groups excluding carboxylic acids is 1. The number of aryl methyl sites for hydroxylation is 1. The molecule has 0 aromatic carbocycles. The van der Waals surface area contributed by atoms with Crippen LogP contribution in [-0.4, -0.2) is 67.1 Å². The average molecular weight is 367 g/mol. The average Bonchev–Trinajstić information content (AvgIpc) is 2.83. The summed E-state index contributed by atoms with van der Waals surface area (Å²) in [5.41, 5.74) is 1.19. The van der Waals surface area contributed by atoms with Crippen LogP contribution in [0, 0.1) is 6.92 Å². The van der Waals surface area contributed by atoms with Crippen molar-refractivity contribution in [1.29, 1.82) is 0 Å². The molecule has 0 bridgehead atoms. The number of anilines is 1. The predicted molar refractivity (Wildman–Crippen MR) is 94.6 cm³/mol. The molecule has 2 aliphatic heterocycles. The van der Waals surface area contributed by atoms with Crippen LogP contribution in [0.4, 0.5) is 5.82 Å². The van der Waals surface area contributed by atoms with Gasteiger partial charge in [-0.25, -0.2) is 9.97 Å². The number of carbonyl (C=O) groups is 1. The third kappa shape index (κ3) is 2.94. The molecule has 1 fully saturated rings. The quantitative estimate of drug-likeness (QED) is 0.775. The number of nitrogens with zero attached hydrogens (tertiary/aromatic N) is 5. The minimum Gasteiger partial charge on any atom is -0.299 e. The van der Waals surface area contributed by atoms with Gasteiger partial charge in [-0.15, -0.1) is 0 Å². The van der Waals surface area contributed by atoms with E-state index in [1.165, 1.54) is 22.7 Å². The molecule has 1 aromatic heterocycles. The van der Waals surface area contributed by atoms with Crippen LogP contribution in [0.15, 0.2) is 0 Å². The minimum atomic E-state index is -3.47. The third-order valence-corrected chi connectivity index (χ3v) is 7.09. The Morgan fingerprint density at radius 2 is 1.92 bits per heavy atom. The standard InChI is InChI=1S/C16H25N5O3S/c1-11-12-9-13(22)20(5)14(12)18-15(17-11)16(2)7-6-8-21(10-16)25(23,24)19(3)4/h6-10H2,1-5H3/t16-/m1/s1. The van der Waals surface area contributed by atoms with Gasteiger partial charge in [0.15, 0.2) is 0 Å². The highest BCUT2D eigenvalue weighted by molar-refractivity contribution is 7.86. The van der Waals surface area contributed by atoms with Gasteiger partial charge in [0.1, 0.15) is 11.6 Å². The Morgan fingerprint density at radius 3 is 2.56 bits per heavy atom. The van der Waals surface area contributed by atoms with Crippen molar-refractivity contribution >= 4 is 21.9 Å². The van der Waals surface area contributed by atoms with Crippen LogP contribution in [-0.2, 0) is 26.8 Å².